The normalized spacial score (nSPS) is 9.69. The van der Waals surface area contributed by atoms with Crippen molar-refractivity contribution in [1.82, 2.24) is 0 Å². The summed E-state index contributed by atoms with van der Waals surface area (Å²) < 4.78 is 0.363. The van der Waals surface area contributed by atoms with Crippen molar-refractivity contribution < 1.29 is 9.72 Å². The van der Waals surface area contributed by atoms with Crippen molar-refractivity contribution in [3.8, 4) is 0 Å². The SMILES string of the molecule is Cc1c(C=O)ccc([N+](=O)[O-])c1Br. The summed E-state index contributed by atoms with van der Waals surface area (Å²) in [4.78, 5) is 20.4. The number of nitro benzene ring substituents is 1. The van der Waals surface area contributed by atoms with Crippen LogP contribution in [0.4, 0.5) is 5.69 Å². The Morgan fingerprint density at radius 2 is 2.15 bits per heavy atom. The molecule has 0 unspecified atom stereocenters. The molecule has 0 aliphatic carbocycles. The lowest BCUT2D eigenvalue weighted by Gasteiger charge is -2.01. The van der Waals surface area contributed by atoms with E-state index in [2.05, 4.69) is 15.9 Å². The Morgan fingerprint density at radius 3 is 2.62 bits per heavy atom. The molecule has 4 nitrogen and oxygen atoms in total. The molecular weight excluding hydrogens is 238 g/mol. The van der Waals surface area contributed by atoms with Gasteiger partial charge in [-0.15, -0.1) is 0 Å². The highest BCUT2D eigenvalue weighted by Gasteiger charge is 2.15. The maximum absolute atomic E-state index is 10.5. The van der Waals surface area contributed by atoms with Crippen molar-refractivity contribution in [3.63, 3.8) is 0 Å². The van der Waals surface area contributed by atoms with Gasteiger partial charge in [0.25, 0.3) is 5.69 Å². The molecular formula is C8H6BrNO3. The van der Waals surface area contributed by atoms with Crippen molar-refractivity contribution in [2.24, 2.45) is 0 Å². The van der Waals surface area contributed by atoms with Gasteiger partial charge in [-0.3, -0.25) is 14.9 Å². The summed E-state index contributed by atoms with van der Waals surface area (Å²) >= 11 is 3.07. The second kappa shape index (κ2) is 3.66. The fourth-order valence-electron chi connectivity index (χ4n) is 0.954. The van der Waals surface area contributed by atoms with Gasteiger partial charge in [0.1, 0.15) is 6.29 Å². The Hall–Kier alpha value is -1.23. The first kappa shape index (κ1) is 9.85. The number of hydrogen-bond acceptors (Lipinski definition) is 3. The van der Waals surface area contributed by atoms with E-state index < -0.39 is 4.92 Å². The molecule has 0 amide bonds. The number of benzene rings is 1. The number of carbonyl (C=O) groups is 1. The second-order valence-electron chi connectivity index (χ2n) is 2.49. The van der Waals surface area contributed by atoms with Gasteiger partial charge in [-0.25, -0.2) is 0 Å². The molecule has 13 heavy (non-hydrogen) atoms. The average molecular weight is 244 g/mol. The van der Waals surface area contributed by atoms with E-state index in [1.807, 2.05) is 0 Å². The summed E-state index contributed by atoms with van der Waals surface area (Å²) in [7, 11) is 0. The molecule has 5 heteroatoms. The lowest BCUT2D eigenvalue weighted by atomic mass is 10.1. The first-order valence-electron chi connectivity index (χ1n) is 3.46. The van der Waals surface area contributed by atoms with E-state index in [1.54, 1.807) is 6.92 Å². The van der Waals surface area contributed by atoms with Gasteiger partial charge in [0.15, 0.2) is 0 Å². The van der Waals surface area contributed by atoms with E-state index in [1.165, 1.54) is 12.1 Å². The highest BCUT2D eigenvalue weighted by atomic mass is 79.9. The van der Waals surface area contributed by atoms with E-state index in [4.69, 9.17) is 0 Å². The van der Waals surface area contributed by atoms with Crippen LogP contribution in [-0.2, 0) is 0 Å². The largest absolute Gasteiger partial charge is 0.298 e. The number of nitrogens with zero attached hydrogens (tertiary/aromatic N) is 1. The minimum absolute atomic E-state index is 0.0249. The number of aldehydes is 1. The van der Waals surface area contributed by atoms with Gasteiger partial charge < -0.3 is 0 Å². The Morgan fingerprint density at radius 1 is 1.54 bits per heavy atom. The molecule has 0 radical (unpaired) electrons. The first-order chi connectivity index (χ1) is 6.07. The van der Waals surface area contributed by atoms with E-state index >= 15 is 0 Å². The van der Waals surface area contributed by atoms with Crippen LogP contribution in [-0.4, -0.2) is 11.2 Å². The lowest BCUT2D eigenvalue weighted by molar-refractivity contribution is -0.385. The summed E-state index contributed by atoms with van der Waals surface area (Å²) in [6.07, 6.45) is 0.670. The third kappa shape index (κ3) is 1.75. The number of hydrogen-bond donors (Lipinski definition) is 0. The van der Waals surface area contributed by atoms with Crippen molar-refractivity contribution in [1.29, 1.82) is 0 Å². The van der Waals surface area contributed by atoms with Gasteiger partial charge in [-0.2, -0.15) is 0 Å². The number of halogens is 1. The predicted octanol–water partition coefficient (Wildman–Crippen LogP) is 2.48. The summed E-state index contributed by atoms with van der Waals surface area (Å²) in [5.74, 6) is 0. The number of carbonyl (C=O) groups excluding carboxylic acids is 1. The molecule has 0 saturated carbocycles. The molecule has 68 valence electrons. The van der Waals surface area contributed by atoms with Gasteiger partial charge >= 0.3 is 0 Å². The van der Waals surface area contributed by atoms with E-state index in [-0.39, 0.29) is 5.69 Å². The highest BCUT2D eigenvalue weighted by molar-refractivity contribution is 9.10. The van der Waals surface area contributed by atoms with Gasteiger partial charge in [-0.1, -0.05) is 0 Å². The molecule has 0 bridgehead atoms. The highest BCUT2D eigenvalue weighted by Crippen LogP contribution is 2.29. The van der Waals surface area contributed by atoms with E-state index in [9.17, 15) is 14.9 Å². The zero-order valence-corrected chi connectivity index (χ0v) is 8.37. The maximum atomic E-state index is 10.5. The lowest BCUT2D eigenvalue weighted by Crippen LogP contribution is -1.94. The molecule has 1 aromatic carbocycles. The smallest absolute Gasteiger partial charge is 0.283 e. The van der Waals surface area contributed by atoms with Gasteiger partial charge in [0.05, 0.1) is 9.40 Å². The van der Waals surface area contributed by atoms with Crippen LogP contribution in [0.5, 0.6) is 0 Å². The zero-order valence-electron chi connectivity index (χ0n) is 6.78. The van der Waals surface area contributed by atoms with E-state index in [0.717, 1.165) is 0 Å². The molecule has 0 N–H and O–H groups in total. The maximum Gasteiger partial charge on any atom is 0.283 e. The quantitative estimate of drug-likeness (QED) is 0.456. The molecule has 0 fully saturated rings. The number of nitro groups is 1. The van der Waals surface area contributed by atoms with Crippen LogP contribution in [0.15, 0.2) is 16.6 Å². The molecule has 0 aliphatic rings. The first-order valence-corrected chi connectivity index (χ1v) is 4.26. The summed E-state index contributed by atoms with van der Waals surface area (Å²) in [6, 6.07) is 2.74. The monoisotopic (exact) mass is 243 g/mol. The Bertz CT molecular complexity index is 376. The van der Waals surface area contributed by atoms with Crippen LogP contribution in [0.3, 0.4) is 0 Å². The van der Waals surface area contributed by atoms with Crippen molar-refractivity contribution in [3.05, 3.63) is 37.8 Å². The van der Waals surface area contributed by atoms with Crippen LogP contribution in [0, 0.1) is 17.0 Å². The third-order valence-corrected chi connectivity index (χ3v) is 2.73. The zero-order chi connectivity index (χ0) is 10.0. The topological polar surface area (TPSA) is 60.2 Å². The Labute approximate surface area is 82.8 Å². The minimum Gasteiger partial charge on any atom is -0.298 e. The van der Waals surface area contributed by atoms with Gasteiger partial charge in [0.2, 0.25) is 0 Å². The summed E-state index contributed by atoms with van der Waals surface area (Å²) in [5.41, 5.74) is 1.02. The predicted molar refractivity (Wildman–Crippen MR) is 50.9 cm³/mol. The molecule has 0 atom stereocenters. The minimum atomic E-state index is -0.494. The molecule has 0 saturated heterocycles. The fraction of sp³-hybridized carbons (Fsp3) is 0.125. The van der Waals surface area contributed by atoms with Crippen LogP contribution in [0.25, 0.3) is 0 Å². The third-order valence-electron chi connectivity index (χ3n) is 1.73. The van der Waals surface area contributed by atoms with E-state index in [0.29, 0.717) is 21.9 Å². The van der Waals surface area contributed by atoms with Crippen molar-refractivity contribution in [2.75, 3.05) is 0 Å². The standard InChI is InChI=1S/C8H6BrNO3/c1-5-6(4-11)2-3-7(8(5)9)10(12)13/h2-4H,1H3. The average Bonchev–Trinajstić information content (AvgIpc) is 2.09. The molecule has 1 rings (SSSR count). The molecule has 0 spiro atoms. The van der Waals surface area contributed by atoms with Crippen molar-refractivity contribution >= 4 is 27.9 Å². The van der Waals surface area contributed by atoms with Crippen LogP contribution >= 0.6 is 15.9 Å². The Kier molecular flexibility index (Phi) is 2.77. The fourth-order valence-corrected chi connectivity index (χ4v) is 1.46. The van der Waals surface area contributed by atoms with Crippen LogP contribution in [0.1, 0.15) is 15.9 Å². The van der Waals surface area contributed by atoms with Gasteiger partial charge in [0, 0.05) is 11.6 Å². The second-order valence-corrected chi connectivity index (χ2v) is 3.28. The summed E-state index contributed by atoms with van der Waals surface area (Å²) in [6.45, 7) is 1.65. The van der Waals surface area contributed by atoms with Crippen LogP contribution in [0.2, 0.25) is 0 Å². The number of rotatable bonds is 2. The van der Waals surface area contributed by atoms with Gasteiger partial charge in [-0.05, 0) is 34.5 Å². The molecule has 0 aliphatic heterocycles. The molecule has 1 aromatic rings. The summed E-state index contributed by atoms with van der Waals surface area (Å²) in [5, 5.41) is 10.5. The molecule has 0 aromatic heterocycles. The molecule has 0 heterocycles. The Balaban J connectivity index is 3.39. The van der Waals surface area contributed by atoms with Crippen molar-refractivity contribution in [2.45, 2.75) is 6.92 Å². The van der Waals surface area contributed by atoms with Crippen LogP contribution < -0.4 is 0 Å².